The van der Waals surface area contributed by atoms with Gasteiger partial charge >= 0.3 is 12.1 Å². The number of carbonyl (C=O) groups excluding carboxylic acids is 2. The quantitative estimate of drug-likeness (QED) is 0.385. The van der Waals surface area contributed by atoms with Crippen LogP contribution in [0.15, 0.2) is 28.6 Å². The second-order valence-corrected chi connectivity index (χ2v) is 7.15. The summed E-state index contributed by atoms with van der Waals surface area (Å²) in [4.78, 5) is 23.2. The third-order valence-electron chi connectivity index (χ3n) is 2.91. The van der Waals surface area contributed by atoms with E-state index in [0.717, 1.165) is 35.2 Å². The molecule has 0 saturated heterocycles. The molecule has 0 aliphatic heterocycles. The van der Waals surface area contributed by atoms with Crippen LogP contribution in [0, 0.1) is 0 Å². The van der Waals surface area contributed by atoms with Gasteiger partial charge < -0.3 is 10.1 Å². The molecule has 0 saturated carbocycles. The maximum Gasteiger partial charge on any atom is 0.416 e. The highest BCUT2D eigenvalue weighted by Crippen LogP contribution is 2.30. The number of nitrogens with one attached hydrogen (secondary N) is 2. The minimum Gasteiger partial charge on any atom is -0.465 e. The minimum atomic E-state index is -4.45. The van der Waals surface area contributed by atoms with Crippen LogP contribution in [0.3, 0.4) is 0 Å². The fraction of sp³-hybridized carbons (Fsp3) is 0.333. The van der Waals surface area contributed by atoms with Crippen LogP contribution >= 0.6 is 23.1 Å². The number of rotatable bonds is 8. The zero-order valence-electron chi connectivity index (χ0n) is 14.0. The highest BCUT2D eigenvalue weighted by atomic mass is 32.2. The normalized spacial score (nSPS) is 11.1. The molecule has 0 bridgehead atoms. The molecule has 0 aliphatic carbocycles. The Bertz CT molecular complexity index is 799. The molecule has 2 rings (SSSR count). The fourth-order valence-electron chi connectivity index (χ4n) is 1.79. The van der Waals surface area contributed by atoms with Gasteiger partial charge in [0.2, 0.25) is 11.0 Å². The summed E-state index contributed by atoms with van der Waals surface area (Å²) in [5, 5.41) is 12.9. The zero-order chi connectivity index (χ0) is 19.9. The minimum absolute atomic E-state index is 0.0769. The number of hydrogen-bond acceptors (Lipinski definition) is 8. The number of amides is 1. The number of benzene rings is 1. The highest BCUT2D eigenvalue weighted by molar-refractivity contribution is 8.01. The molecule has 0 atom stereocenters. The van der Waals surface area contributed by atoms with Crippen LogP contribution in [0.4, 0.5) is 24.0 Å². The number of carbonyl (C=O) groups is 2. The Morgan fingerprint density at radius 1 is 1.30 bits per heavy atom. The summed E-state index contributed by atoms with van der Waals surface area (Å²) in [7, 11) is 0. The molecule has 2 aromatic rings. The number of hydrogen-bond donors (Lipinski definition) is 2. The van der Waals surface area contributed by atoms with Gasteiger partial charge in [-0.2, -0.15) is 13.2 Å². The average molecular weight is 420 g/mol. The second kappa shape index (κ2) is 9.55. The Kier molecular flexibility index (Phi) is 7.42. The van der Waals surface area contributed by atoms with Crippen molar-refractivity contribution in [3.8, 4) is 0 Å². The summed E-state index contributed by atoms with van der Waals surface area (Å²) in [6.07, 6.45) is -4.45. The van der Waals surface area contributed by atoms with E-state index in [9.17, 15) is 22.8 Å². The zero-order valence-corrected chi connectivity index (χ0v) is 15.6. The average Bonchev–Trinajstić information content (AvgIpc) is 3.05. The van der Waals surface area contributed by atoms with E-state index in [1.54, 1.807) is 6.92 Å². The van der Waals surface area contributed by atoms with Crippen molar-refractivity contribution in [1.29, 1.82) is 0 Å². The smallest absolute Gasteiger partial charge is 0.416 e. The molecule has 1 heterocycles. The number of ether oxygens (including phenoxy) is 1. The van der Waals surface area contributed by atoms with Gasteiger partial charge in [0, 0.05) is 5.69 Å². The van der Waals surface area contributed by atoms with Crippen molar-refractivity contribution in [2.75, 3.05) is 29.5 Å². The summed E-state index contributed by atoms with van der Waals surface area (Å²) in [6, 6.07) is 4.54. The van der Waals surface area contributed by atoms with E-state index >= 15 is 0 Å². The number of thioether (sulfide) groups is 1. The van der Waals surface area contributed by atoms with Gasteiger partial charge in [0.1, 0.15) is 0 Å². The molecule has 0 spiro atoms. The molecule has 27 heavy (non-hydrogen) atoms. The summed E-state index contributed by atoms with van der Waals surface area (Å²) in [6.45, 7) is 1.75. The lowest BCUT2D eigenvalue weighted by atomic mass is 10.2. The van der Waals surface area contributed by atoms with Crippen LogP contribution < -0.4 is 10.6 Å². The van der Waals surface area contributed by atoms with Crippen molar-refractivity contribution in [2.24, 2.45) is 0 Å². The lowest BCUT2D eigenvalue weighted by Crippen LogP contribution is -2.21. The van der Waals surface area contributed by atoms with Gasteiger partial charge in [-0.05, 0) is 25.1 Å². The number of alkyl halides is 3. The second-order valence-electron chi connectivity index (χ2n) is 4.95. The van der Waals surface area contributed by atoms with E-state index in [1.807, 2.05) is 0 Å². The van der Waals surface area contributed by atoms with E-state index in [2.05, 4.69) is 20.8 Å². The Labute approximate surface area is 160 Å². The summed E-state index contributed by atoms with van der Waals surface area (Å²) < 4.78 is 43.2. The lowest BCUT2D eigenvalue weighted by Gasteiger charge is -2.10. The highest BCUT2D eigenvalue weighted by Gasteiger charge is 2.30. The van der Waals surface area contributed by atoms with Gasteiger partial charge in [0.25, 0.3) is 0 Å². The number of halogens is 3. The van der Waals surface area contributed by atoms with E-state index < -0.39 is 17.6 Å². The largest absolute Gasteiger partial charge is 0.465 e. The first-order valence-corrected chi connectivity index (χ1v) is 9.41. The van der Waals surface area contributed by atoms with Crippen molar-refractivity contribution in [2.45, 2.75) is 17.4 Å². The van der Waals surface area contributed by atoms with E-state index in [4.69, 9.17) is 4.74 Å². The van der Waals surface area contributed by atoms with E-state index in [0.29, 0.717) is 4.34 Å². The topological polar surface area (TPSA) is 93.2 Å². The van der Waals surface area contributed by atoms with Crippen molar-refractivity contribution >= 4 is 45.8 Å². The lowest BCUT2D eigenvalue weighted by molar-refractivity contribution is -0.140. The Morgan fingerprint density at radius 3 is 2.78 bits per heavy atom. The molecule has 1 aromatic heterocycles. The van der Waals surface area contributed by atoms with Crippen LogP contribution in [0.1, 0.15) is 12.5 Å². The molecule has 12 heteroatoms. The van der Waals surface area contributed by atoms with Gasteiger partial charge in [-0.25, -0.2) is 0 Å². The first-order valence-electron chi connectivity index (χ1n) is 7.61. The Hall–Kier alpha value is -2.34. The molecule has 146 valence electrons. The van der Waals surface area contributed by atoms with Crippen LogP contribution in [0.25, 0.3) is 0 Å². The Morgan fingerprint density at radius 2 is 2.07 bits per heavy atom. The molecule has 0 fully saturated rings. The molecule has 0 radical (unpaired) electrons. The summed E-state index contributed by atoms with van der Waals surface area (Å²) in [5.74, 6) is -0.799. The number of nitrogens with zero attached hydrogens (tertiary/aromatic N) is 2. The van der Waals surface area contributed by atoms with Crippen LogP contribution in [0.2, 0.25) is 0 Å². The van der Waals surface area contributed by atoms with Crippen molar-refractivity contribution in [3.63, 3.8) is 0 Å². The number of anilines is 2. The van der Waals surface area contributed by atoms with Gasteiger partial charge in [-0.15, -0.1) is 10.2 Å². The SMILES string of the molecule is CCOC(=O)CSc1nnc(NC(=O)CNc2cccc(C(F)(F)F)c2)s1. The first-order chi connectivity index (χ1) is 12.8. The van der Waals surface area contributed by atoms with Gasteiger partial charge in [-0.3, -0.25) is 14.9 Å². The van der Waals surface area contributed by atoms with E-state index in [-0.39, 0.29) is 35.7 Å². The van der Waals surface area contributed by atoms with Crippen LogP contribution in [0.5, 0.6) is 0 Å². The molecule has 1 aromatic carbocycles. The Balaban J connectivity index is 1.82. The molecule has 1 amide bonds. The maximum atomic E-state index is 12.7. The van der Waals surface area contributed by atoms with Crippen molar-refractivity contribution < 1.29 is 27.5 Å². The standard InChI is InChI=1S/C15H15F3N4O3S2/c1-2-25-12(24)8-26-14-22-21-13(27-14)20-11(23)7-19-10-5-3-4-9(6-10)15(16,17)18/h3-6,19H,2,7-8H2,1H3,(H,20,21,23). The van der Waals surface area contributed by atoms with Gasteiger partial charge in [0.15, 0.2) is 4.34 Å². The monoisotopic (exact) mass is 420 g/mol. The number of aromatic nitrogens is 2. The molecular formula is C15H15F3N4O3S2. The van der Waals surface area contributed by atoms with Crippen LogP contribution in [-0.4, -0.2) is 41.0 Å². The predicted octanol–water partition coefficient (Wildman–Crippen LogP) is 3.26. The van der Waals surface area contributed by atoms with Gasteiger partial charge in [0.05, 0.1) is 24.5 Å². The molecule has 7 nitrogen and oxygen atoms in total. The molecule has 2 N–H and O–H groups in total. The first kappa shape index (κ1) is 21.0. The molecule has 0 aliphatic rings. The van der Waals surface area contributed by atoms with Crippen molar-refractivity contribution in [1.82, 2.24) is 10.2 Å². The van der Waals surface area contributed by atoms with E-state index in [1.165, 1.54) is 12.1 Å². The molecular weight excluding hydrogens is 405 g/mol. The van der Waals surface area contributed by atoms with Crippen molar-refractivity contribution in [3.05, 3.63) is 29.8 Å². The van der Waals surface area contributed by atoms with Crippen LogP contribution in [-0.2, 0) is 20.5 Å². The summed E-state index contributed by atoms with van der Waals surface area (Å²) in [5.41, 5.74) is -0.636. The third-order valence-corrected chi connectivity index (χ3v) is 4.86. The molecule has 0 unspecified atom stereocenters. The summed E-state index contributed by atoms with van der Waals surface area (Å²) >= 11 is 2.20. The predicted molar refractivity (Wildman–Crippen MR) is 95.8 cm³/mol. The number of esters is 1. The maximum absolute atomic E-state index is 12.7. The third kappa shape index (κ3) is 7.06. The van der Waals surface area contributed by atoms with Gasteiger partial charge in [-0.1, -0.05) is 29.2 Å². The fourth-order valence-corrected chi connectivity index (χ4v) is 3.36.